The number of hydrogen-bond acceptors (Lipinski definition) is 5. The predicted molar refractivity (Wildman–Crippen MR) is 77.9 cm³/mol. The van der Waals surface area contributed by atoms with Crippen molar-refractivity contribution < 1.29 is 14.3 Å². The summed E-state index contributed by atoms with van der Waals surface area (Å²) >= 11 is 5.56. The maximum Gasteiger partial charge on any atom is 0.317 e. The molecule has 1 aromatic heterocycles. The Morgan fingerprint density at radius 2 is 2.33 bits per heavy atom. The molecule has 1 aromatic rings. The van der Waals surface area contributed by atoms with Crippen molar-refractivity contribution in [2.75, 3.05) is 32.6 Å². The Labute approximate surface area is 128 Å². The van der Waals surface area contributed by atoms with Crippen molar-refractivity contribution in [3.05, 3.63) is 12.4 Å². The third-order valence-corrected chi connectivity index (χ3v) is 3.31. The number of nitrogens with one attached hydrogen (secondary N) is 1. The third-order valence-electron chi connectivity index (χ3n) is 3.12. The standard InChI is InChI=1S/C13H19ClN4O3/c1-20-11-7-15-8-12(17-11)21-10-3-2-6-18(9-10)13(19)16-5-4-14/h7-8,10H,2-6,9H2,1H3,(H,16,19). The van der Waals surface area contributed by atoms with Crippen LogP contribution in [0.15, 0.2) is 12.4 Å². The summed E-state index contributed by atoms with van der Waals surface area (Å²) in [6.07, 6.45) is 4.71. The van der Waals surface area contributed by atoms with Gasteiger partial charge in [0, 0.05) is 19.0 Å². The van der Waals surface area contributed by atoms with Crippen LogP contribution < -0.4 is 14.8 Å². The first-order chi connectivity index (χ1) is 10.2. The lowest BCUT2D eigenvalue weighted by atomic mass is 10.1. The van der Waals surface area contributed by atoms with Gasteiger partial charge in [0.25, 0.3) is 0 Å². The molecule has 0 bridgehead atoms. The molecule has 7 nitrogen and oxygen atoms in total. The average Bonchev–Trinajstić information content (AvgIpc) is 2.53. The Kier molecular flexibility index (Phi) is 5.86. The number of hydrogen-bond donors (Lipinski definition) is 1. The first kappa shape index (κ1) is 15.6. The van der Waals surface area contributed by atoms with Crippen LogP contribution in [0.3, 0.4) is 0 Å². The van der Waals surface area contributed by atoms with E-state index in [1.165, 1.54) is 19.5 Å². The first-order valence-electron chi connectivity index (χ1n) is 6.84. The Bertz CT molecular complexity index is 474. The molecular weight excluding hydrogens is 296 g/mol. The van der Waals surface area contributed by atoms with Gasteiger partial charge in [-0.1, -0.05) is 0 Å². The van der Waals surface area contributed by atoms with Gasteiger partial charge in [0.1, 0.15) is 6.10 Å². The normalized spacial score (nSPS) is 18.2. The highest BCUT2D eigenvalue weighted by Crippen LogP contribution is 2.18. The Hall–Kier alpha value is -1.76. The SMILES string of the molecule is COc1cncc(OC2CCCN(C(=O)NCCCl)C2)n1. The van der Waals surface area contributed by atoms with Crippen LogP contribution >= 0.6 is 11.6 Å². The Morgan fingerprint density at radius 1 is 1.52 bits per heavy atom. The van der Waals surface area contributed by atoms with Crippen molar-refractivity contribution in [1.29, 1.82) is 0 Å². The van der Waals surface area contributed by atoms with Gasteiger partial charge in [-0.05, 0) is 12.8 Å². The highest BCUT2D eigenvalue weighted by Gasteiger charge is 2.25. The van der Waals surface area contributed by atoms with Crippen LogP contribution in [0.4, 0.5) is 4.79 Å². The van der Waals surface area contributed by atoms with Gasteiger partial charge in [0.2, 0.25) is 11.8 Å². The molecule has 0 spiro atoms. The van der Waals surface area contributed by atoms with E-state index in [-0.39, 0.29) is 12.1 Å². The maximum absolute atomic E-state index is 11.9. The highest BCUT2D eigenvalue weighted by molar-refractivity contribution is 6.18. The molecule has 1 aliphatic rings. The van der Waals surface area contributed by atoms with Crippen LogP contribution in [0.5, 0.6) is 11.8 Å². The molecule has 1 aliphatic heterocycles. The number of piperidine rings is 1. The van der Waals surface area contributed by atoms with E-state index in [1.54, 1.807) is 4.90 Å². The highest BCUT2D eigenvalue weighted by atomic mass is 35.5. The molecule has 116 valence electrons. The minimum Gasteiger partial charge on any atom is -0.480 e. The quantitative estimate of drug-likeness (QED) is 0.828. The van der Waals surface area contributed by atoms with Gasteiger partial charge >= 0.3 is 6.03 Å². The number of halogens is 1. The number of amides is 2. The number of ether oxygens (including phenoxy) is 2. The fourth-order valence-electron chi connectivity index (χ4n) is 2.14. The molecule has 2 heterocycles. The predicted octanol–water partition coefficient (Wildman–Crippen LogP) is 1.28. The monoisotopic (exact) mass is 314 g/mol. The zero-order valence-electron chi connectivity index (χ0n) is 11.9. The molecule has 0 radical (unpaired) electrons. The number of urea groups is 1. The molecule has 2 rings (SSSR count). The molecule has 1 N–H and O–H groups in total. The molecule has 0 aliphatic carbocycles. The van der Waals surface area contributed by atoms with E-state index in [2.05, 4.69) is 15.3 Å². The summed E-state index contributed by atoms with van der Waals surface area (Å²) in [6, 6.07) is -0.110. The van der Waals surface area contributed by atoms with E-state index in [0.717, 1.165) is 19.4 Å². The van der Waals surface area contributed by atoms with E-state index in [1.807, 2.05) is 0 Å². The second-order valence-electron chi connectivity index (χ2n) is 4.65. The Morgan fingerprint density at radius 3 is 3.10 bits per heavy atom. The van der Waals surface area contributed by atoms with Crippen LogP contribution in [0, 0.1) is 0 Å². The van der Waals surface area contributed by atoms with Gasteiger partial charge in [-0.3, -0.25) is 4.98 Å². The minimum atomic E-state index is -0.110. The number of carbonyl (C=O) groups is 1. The lowest BCUT2D eigenvalue weighted by Crippen LogP contribution is -2.48. The van der Waals surface area contributed by atoms with Crippen LogP contribution in [-0.4, -0.2) is 59.6 Å². The van der Waals surface area contributed by atoms with Crippen LogP contribution in [0.25, 0.3) is 0 Å². The van der Waals surface area contributed by atoms with E-state index < -0.39 is 0 Å². The van der Waals surface area contributed by atoms with Crippen LogP contribution in [0.1, 0.15) is 12.8 Å². The summed E-state index contributed by atoms with van der Waals surface area (Å²) in [5.74, 6) is 1.21. The van der Waals surface area contributed by atoms with Gasteiger partial charge in [-0.25, -0.2) is 4.79 Å². The number of rotatable bonds is 5. The average molecular weight is 315 g/mol. The topological polar surface area (TPSA) is 76.6 Å². The van der Waals surface area contributed by atoms with Gasteiger partial charge in [0.15, 0.2) is 0 Å². The molecule has 2 amide bonds. The number of carbonyl (C=O) groups excluding carboxylic acids is 1. The summed E-state index contributed by atoms with van der Waals surface area (Å²) < 4.78 is 10.8. The summed E-state index contributed by atoms with van der Waals surface area (Å²) in [4.78, 5) is 21.8. The largest absolute Gasteiger partial charge is 0.480 e. The van der Waals surface area contributed by atoms with E-state index in [9.17, 15) is 4.79 Å². The summed E-state index contributed by atoms with van der Waals surface area (Å²) in [5.41, 5.74) is 0. The summed E-state index contributed by atoms with van der Waals surface area (Å²) in [6.45, 7) is 1.70. The molecule has 0 aromatic carbocycles. The molecule has 21 heavy (non-hydrogen) atoms. The van der Waals surface area contributed by atoms with Crippen molar-refractivity contribution in [2.24, 2.45) is 0 Å². The third kappa shape index (κ3) is 4.63. The fourth-order valence-corrected chi connectivity index (χ4v) is 2.24. The van der Waals surface area contributed by atoms with Gasteiger partial charge < -0.3 is 19.7 Å². The number of aromatic nitrogens is 2. The Balaban J connectivity index is 1.90. The second-order valence-corrected chi connectivity index (χ2v) is 5.03. The maximum atomic E-state index is 11.9. The van der Waals surface area contributed by atoms with Crippen molar-refractivity contribution in [1.82, 2.24) is 20.2 Å². The zero-order chi connectivity index (χ0) is 15.1. The molecule has 1 saturated heterocycles. The van der Waals surface area contributed by atoms with Gasteiger partial charge in [-0.2, -0.15) is 4.98 Å². The summed E-state index contributed by atoms with van der Waals surface area (Å²) in [7, 11) is 1.53. The van der Waals surface area contributed by atoms with Gasteiger partial charge in [-0.15, -0.1) is 11.6 Å². The lowest BCUT2D eigenvalue weighted by molar-refractivity contribution is 0.0971. The number of likely N-dealkylation sites (tertiary alicyclic amines) is 1. The molecular formula is C13H19ClN4O3. The number of alkyl halides is 1. The molecule has 1 unspecified atom stereocenters. The van der Waals surface area contributed by atoms with E-state index in [4.69, 9.17) is 21.1 Å². The number of methoxy groups -OCH3 is 1. The fraction of sp³-hybridized carbons (Fsp3) is 0.615. The molecule has 8 heteroatoms. The van der Waals surface area contributed by atoms with Crippen LogP contribution in [0.2, 0.25) is 0 Å². The van der Waals surface area contributed by atoms with Crippen molar-refractivity contribution in [3.63, 3.8) is 0 Å². The molecule has 1 fully saturated rings. The molecule has 1 atom stereocenters. The lowest BCUT2D eigenvalue weighted by Gasteiger charge is -2.32. The van der Waals surface area contributed by atoms with Crippen molar-refractivity contribution in [2.45, 2.75) is 18.9 Å². The van der Waals surface area contributed by atoms with E-state index in [0.29, 0.717) is 30.7 Å². The minimum absolute atomic E-state index is 0.0955. The summed E-state index contributed by atoms with van der Waals surface area (Å²) in [5, 5.41) is 2.76. The molecule has 0 saturated carbocycles. The zero-order valence-corrected chi connectivity index (χ0v) is 12.7. The van der Waals surface area contributed by atoms with Crippen molar-refractivity contribution >= 4 is 17.6 Å². The first-order valence-corrected chi connectivity index (χ1v) is 7.38. The van der Waals surface area contributed by atoms with E-state index >= 15 is 0 Å². The van der Waals surface area contributed by atoms with Crippen LogP contribution in [-0.2, 0) is 0 Å². The second kappa shape index (κ2) is 7.87. The van der Waals surface area contributed by atoms with Crippen molar-refractivity contribution in [3.8, 4) is 11.8 Å². The smallest absolute Gasteiger partial charge is 0.317 e. The van der Waals surface area contributed by atoms with Gasteiger partial charge in [0.05, 0.1) is 26.0 Å². The number of nitrogens with zero attached hydrogens (tertiary/aromatic N) is 3.